The molecule has 0 amide bonds. The first-order valence-corrected chi connectivity index (χ1v) is 27.0. The molecule has 1 aromatic heterocycles. The van der Waals surface area contributed by atoms with Crippen LogP contribution < -0.4 is 0 Å². The minimum Gasteiger partial charge on any atom is -0.459 e. The van der Waals surface area contributed by atoms with E-state index in [0.29, 0.717) is 43.8 Å². The largest absolute Gasteiger partial charge is 0.459 e. The summed E-state index contributed by atoms with van der Waals surface area (Å²) >= 11 is 1.42. The zero-order chi connectivity index (χ0) is 54.2. The predicted octanol–water partition coefficient (Wildman–Crippen LogP) is 5.65. The Morgan fingerprint density at radius 2 is 1.68 bits per heavy atom. The van der Waals surface area contributed by atoms with Gasteiger partial charge in [0.15, 0.2) is 12.6 Å². The van der Waals surface area contributed by atoms with Crippen LogP contribution in [0.2, 0.25) is 0 Å². The van der Waals surface area contributed by atoms with E-state index < -0.39 is 109 Å². The predicted molar refractivity (Wildman–Crippen MR) is 273 cm³/mol. The van der Waals surface area contributed by atoms with Crippen LogP contribution in [-0.2, 0) is 44.4 Å². The van der Waals surface area contributed by atoms with Crippen LogP contribution in [0, 0.1) is 29.1 Å². The summed E-state index contributed by atoms with van der Waals surface area (Å²) in [4.78, 5) is 19.6. The molecule has 0 bridgehead atoms. The van der Waals surface area contributed by atoms with Crippen molar-refractivity contribution in [1.82, 2.24) is 24.8 Å². The number of carbonyl (C=O) groups excluding carboxylic acids is 1. The highest BCUT2D eigenvalue weighted by molar-refractivity contribution is 7.99. The second-order valence-corrected chi connectivity index (χ2v) is 23.0. The number of ether oxygens (including phenoxy) is 7. The van der Waals surface area contributed by atoms with Crippen LogP contribution in [0.5, 0.6) is 0 Å². The summed E-state index contributed by atoms with van der Waals surface area (Å²) in [6.45, 7) is 18.2. The van der Waals surface area contributed by atoms with Gasteiger partial charge >= 0.3 is 5.97 Å². The summed E-state index contributed by atoms with van der Waals surface area (Å²) in [5.41, 5.74) is -2.94. The van der Waals surface area contributed by atoms with Crippen molar-refractivity contribution >= 4 is 17.7 Å². The van der Waals surface area contributed by atoms with Crippen molar-refractivity contribution in [2.24, 2.45) is 17.8 Å². The molecular formula is C53H87FN6O12S. The van der Waals surface area contributed by atoms with E-state index in [-0.39, 0.29) is 37.3 Å². The number of benzene rings is 1. The van der Waals surface area contributed by atoms with E-state index in [1.165, 1.54) is 37.6 Å². The molecule has 0 radical (unpaired) electrons. The highest BCUT2D eigenvalue weighted by Gasteiger charge is 2.52. The number of esters is 1. The SMILES string of the molecule is CC[C@H]1OC(=O)[C@H](C)[C@@H](O[C@H]2C[C@@](C)(OC)[C@@H](O)[C@H](C)O2)[C@H](C)[C@@H](O[C@H]2C[C@@H](N(C)CCc3cn([C@H](CF)[C@H](OC)c4ccc(SCC#N)cc4)nn3)C[C@@H](C)O2)[C@](C)(O)C[C@@H](C)CN(C)[C@H](C)[C@@H](O)[C@]1(C)O. The van der Waals surface area contributed by atoms with E-state index >= 15 is 0 Å². The Balaban J connectivity index is 1.41. The highest BCUT2D eigenvalue weighted by Crippen LogP contribution is 2.41. The van der Waals surface area contributed by atoms with Gasteiger partial charge in [-0.1, -0.05) is 38.1 Å². The number of aliphatic hydroxyl groups is 4. The summed E-state index contributed by atoms with van der Waals surface area (Å²) in [6.07, 6.45) is -4.65. The van der Waals surface area contributed by atoms with Gasteiger partial charge in [-0.25, -0.2) is 9.07 Å². The van der Waals surface area contributed by atoms with Crippen molar-refractivity contribution in [3.8, 4) is 6.07 Å². The van der Waals surface area contributed by atoms with E-state index in [9.17, 15) is 29.6 Å². The number of methoxy groups -OCH3 is 2. The van der Waals surface area contributed by atoms with Gasteiger partial charge in [0.1, 0.15) is 42.7 Å². The Kier molecular flexibility index (Phi) is 22.1. The van der Waals surface area contributed by atoms with Gasteiger partial charge in [-0.15, -0.1) is 16.9 Å². The number of alkyl halides is 1. The second kappa shape index (κ2) is 26.4. The molecule has 3 aliphatic heterocycles. The number of hydrogen-bond acceptors (Lipinski definition) is 18. The molecule has 414 valence electrons. The maximum absolute atomic E-state index is 14.8. The van der Waals surface area contributed by atoms with Crippen LogP contribution in [0.4, 0.5) is 4.39 Å². The van der Waals surface area contributed by atoms with E-state index in [4.69, 9.17) is 38.4 Å². The minimum absolute atomic E-state index is 0.0208. The van der Waals surface area contributed by atoms with Crippen molar-refractivity contribution in [2.75, 3.05) is 53.8 Å². The molecule has 0 aliphatic carbocycles. The lowest BCUT2D eigenvalue weighted by molar-refractivity contribution is -0.308. The number of aliphatic hydroxyl groups excluding tert-OH is 2. The maximum Gasteiger partial charge on any atom is 0.311 e. The molecule has 4 N–H and O–H groups in total. The van der Waals surface area contributed by atoms with E-state index in [0.717, 1.165) is 10.5 Å². The topological polar surface area (TPSA) is 224 Å². The smallest absolute Gasteiger partial charge is 0.311 e. The lowest BCUT2D eigenvalue weighted by Gasteiger charge is -2.48. The Morgan fingerprint density at radius 3 is 2.30 bits per heavy atom. The third kappa shape index (κ3) is 15.0. The first-order valence-electron chi connectivity index (χ1n) is 26.0. The molecule has 0 unspecified atom stereocenters. The Hall–Kier alpha value is -2.88. The fourth-order valence-electron chi connectivity index (χ4n) is 11.4. The van der Waals surface area contributed by atoms with Crippen molar-refractivity contribution in [2.45, 2.75) is 209 Å². The molecule has 19 atom stereocenters. The first-order chi connectivity index (χ1) is 34.3. The van der Waals surface area contributed by atoms with Crippen LogP contribution in [0.1, 0.15) is 125 Å². The minimum atomic E-state index is -1.82. The molecule has 20 heteroatoms. The third-order valence-corrected chi connectivity index (χ3v) is 16.8. The van der Waals surface area contributed by atoms with Crippen LogP contribution in [0.25, 0.3) is 0 Å². The zero-order valence-corrected chi connectivity index (χ0v) is 46.5. The molecule has 73 heavy (non-hydrogen) atoms. The van der Waals surface area contributed by atoms with Crippen molar-refractivity contribution in [3.63, 3.8) is 0 Å². The van der Waals surface area contributed by atoms with Gasteiger partial charge in [-0.2, -0.15) is 5.26 Å². The number of nitrogens with zero attached hydrogens (tertiary/aromatic N) is 6. The van der Waals surface area contributed by atoms with E-state index in [1.54, 1.807) is 40.8 Å². The van der Waals surface area contributed by atoms with E-state index in [2.05, 4.69) is 21.3 Å². The number of rotatable bonds is 17. The Morgan fingerprint density at radius 1 is 1.00 bits per heavy atom. The lowest BCUT2D eigenvalue weighted by atomic mass is 9.77. The summed E-state index contributed by atoms with van der Waals surface area (Å²) < 4.78 is 60.8. The number of aromatic nitrogens is 3. The third-order valence-electron chi connectivity index (χ3n) is 15.9. The fraction of sp³-hybridized carbons (Fsp3) is 0.811. The van der Waals surface area contributed by atoms with Crippen LogP contribution in [0.15, 0.2) is 35.4 Å². The summed E-state index contributed by atoms with van der Waals surface area (Å²) in [5.74, 6) is -2.25. The highest BCUT2D eigenvalue weighted by atomic mass is 32.2. The summed E-state index contributed by atoms with van der Waals surface area (Å²) in [6, 6.07) is 8.33. The van der Waals surface area contributed by atoms with Crippen LogP contribution in [0.3, 0.4) is 0 Å². The normalized spacial score (nSPS) is 38.5. The Labute approximate surface area is 437 Å². The van der Waals surface area contributed by atoms with Crippen molar-refractivity contribution < 1.29 is 62.8 Å². The standard InChI is InChI=1S/C53H87FN6O12S/c1-15-42-53(10,65)47(61)35(6)59(12)29-31(2)26-51(8,64)49(33(4)45(34(5)50(63)70-42)71-44-27-52(9,67-14)48(62)36(7)69-44)72-43-25-39(24-32(3)68-43)58(11)22-20-38-30-60(57-56-38)41(28-54)46(66-13)37-16-18-40(19-17-37)73-23-21-55/h16-19,30-36,39,41-49,61-62,64-65H,15,20,22-29H2,1-14H3/t31-,32-,33+,34-,35-,36+,39+,41-,42-,43+,44+,45+,46-,47-,48+,49-,51-,52-,53-/m1/s1. The van der Waals surface area contributed by atoms with Gasteiger partial charge in [0.2, 0.25) is 0 Å². The molecule has 5 rings (SSSR count). The lowest BCUT2D eigenvalue weighted by Crippen LogP contribution is -2.59. The average Bonchev–Trinajstić information content (AvgIpc) is 3.82. The average molecular weight is 1050 g/mol. The number of cyclic esters (lactones) is 1. The monoisotopic (exact) mass is 1050 g/mol. The summed E-state index contributed by atoms with van der Waals surface area (Å²) in [7, 11) is 6.94. The molecule has 3 saturated heterocycles. The molecule has 2 aromatic rings. The fourth-order valence-corrected chi connectivity index (χ4v) is 11.9. The molecular weight excluding hydrogens is 964 g/mol. The van der Waals surface area contributed by atoms with E-state index in [1.807, 2.05) is 71.0 Å². The first kappa shape index (κ1) is 61.0. The van der Waals surface area contributed by atoms with Gasteiger partial charge in [-0.3, -0.25) is 4.79 Å². The van der Waals surface area contributed by atoms with Gasteiger partial charge in [0.25, 0.3) is 0 Å². The maximum atomic E-state index is 14.8. The number of likely N-dealkylation sites (N-methyl/N-ethyl adjacent to an activating group) is 2. The summed E-state index contributed by atoms with van der Waals surface area (Å²) in [5, 5.41) is 65.2. The molecule has 0 saturated carbocycles. The molecule has 4 heterocycles. The number of thioether (sulfide) groups is 1. The van der Waals surface area contributed by atoms with Gasteiger partial charge in [0, 0.05) is 75.7 Å². The second-order valence-electron chi connectivity index (χ2n) is 21.9. The molecule has 18 nitrogen and oxygen atoms in total. The number of nitriles is 1. The van der Waals surface area contributed by atoms with Crippen molar-refractivity contribution in [1.29, 1.82) is 5.26 Å². The van der Waals surface area contributed by atoms with Crippen molar-refractivity contribution in [3.05, 3.63) is 41.7 Å². The van der Waals surface area contributed by atoms with Gasteiger partial charge < -0.3 is 63.4 Å². The molecule has 1 aromatic carbocycles. The van der Waals surface area contributed by atoms with Gasteiger partial charge in [0.05, 0.1) is 59.1 Å². The van der Waals surface area contributed by atoms with Crippen LogP contribution in [-0.4, -0.2) is 189 Å². The number of carbonyl (C=O) groups is 1. The number of hydrogen-bond donors (Lipinski definition) is 4. The zero-order valence-electron chi connectivity index (χ0n) is 45.7. The molecule has 3 aliphatic rings. The molecule has 0 spiro atoms. The molecule has 3 fully saturated rings. The Bertz CT molecular complexity index is 2070. The van der Waals surface area contributed by atoms with Gasteiger partial charge in [-0.05, 0) is 105 Å². The quantitative estimate of drug-likeness (QED) is 0.111. The van der Waals surface area contributed by atoms with Crippen LogP contribution >= 0.6 is 11.8 Å². The number of halogens is 1.